The van der Waals surface area contributed by atoms with Gasteiger partial charge < -0.3 is 20.6 Å². The van der Waals surface area contributed by atoms with Crippen LogP contribution in [-0.4, -0.2) is 48.8 Å². The zero-order valence-corrected chi connectivity index (χ0v) is 19.0. The van der Waals surface area contributed by atoms with Crippen molar-refractivity contribution in [3.05, 3.63) is 67.4 Å². The Hall–Kier alpha value is -3.09. The molecule has 0 aliphatic carbocycles. The fourth-order valence-corrected chi connectivity index (χ4v) is 3.57. The van der Waals surface area contributed by atoms with Crippen molar-refractivity contribution in [1.82, 2.24) is 10.6 Å². The summed E-state index contributed by atoms with van der Waals surface area (Å²) in [5.74, 6) is -1.36. The van der Waals surface area contributed by atoms with Gasteiger partial charge in [0.25, 0.3) is 0 Å². The summed E-state index contributed by atoms with van der Waals surface area (Å²) in [6.45, 7) is 13.0. The van der Waals surface area contributed by atoms with Crippen LogP contribution in [0, 0.1) is 0 Å². The minimum absolute atomic E-state index is 0.168. The number of allylic oxidation sites excluding steroid dienone is 3. The Morgan fingerprint density at radius 2 is 2.03 bits per heavy atom. The largest absolute Gasteiger partial charge is 0.480 e. The third-order valence-corrected chi connectivity index (χ3v) is 5.25. The van der Waals surface area contributed by atoms with E-state index in [1.54, 1.807) is 13.0 Å². The molecule has 0 aromatic heterocycles. The number of aryl methyl sites for hydroxylation is 1. The Labute approximate surface area is 190 Å². The lowest BCUT2D eigenvalue weighted by Crippen LogP contribution is -2.43. The van der Waals surface area contributed by atoms with E-state index in [4.69, 9.17) is 0 Å². The lowest BCUT2D eigenvalue weighted by Gasteiger charge is -2.31. The summed E-state index contributed by atoms with van der Waals surface area (Å²) in [5, 5.41) is 15.1. The molecule has 7 heteroatoms. The molecule has 1 aliphatic rings. The van der Waals surface area contributed by atoms with Crippen molar-refractivity contribution in [1.29, 1.82) is 0 Å². The van der Waals surface area contributed by atoms with E-state index in [0.29, 0.717) is 18.8 Å². The van der Waals surface area contributed by atoms with Crippen LogP contribution in [0.1, 0.15) is 38.2 Å². The molecule has 1 aromatic rings. The molecule has 2 unspecified atom stereocenters. The summed E-state index contributed by atoms with van der Waals surface area (Å²) >= 11 is 0. The van der Waals surface area contributed by atoms with Crippen LogP contribution >= 0.6 is 0 Å². The zero-order valence-electron chi connectivity index (χ0n) is 19.0. The van der Waals surface area contributed by atoms with Gasteiger partial charge in [-0.05, 0) is 37.8 Å². The Morgan fingerprint density at radius 1 is 1.31 bits per heavy atom. The number of amides is 1. The summed E-state index contributed by atoms with van der Waals surface area (Å²) in [4.78, 5) is 26.1. The van der Waals surface area contributed by atoms with Gasteiger partial charge in [0.05, 0.1) is 0 Å². The molecule has 1 heterocycles. The number of anilines is 1. The maximum atomic E-state index is 13.4. The summed E-state index contributed by atoms with van der Waals surface area (Å²) in [5.41, 5.74) is 3.12. The number of nitrogens with zero attached hydrogens (tertiary/aromatic N) is 1. The van der Waals surface area contributed by atoms with E-state index in [1.807, 2.05) is 12.1 Å². The number of carboxylic acids is 1. The summed E-state index contributed by atoms with van der Waals surface area (Å²) in [6.07, 6.45) is 4.51. The average molecular weight is 446 g/mol. The van der Waals surface area contributed by atoms with Gasteiger partial charge >= 0.3 is 5.97 Å². The number of fused-ring (bicyclic) bond motifs is 1. The number of aliphatic carboxylic acids is 1. The first kappa shape index (κ1) is 26.9. The second-order valence-electron chi connectivity index (χ2n) is 7.41. The highest BCUT2D eigenvalue weighted by Crippen LogP contribution is 2.26. The molecule has 0 saturated heterocycles. The molecule has 176 valence electrons. The fraction of sp³-hybridized carbons (Fsp3) is 0.440. The van der Waals surface area contributed by atoms with Crippen LogP contribution in [0.4, 0.5) is 10.1 Å². The zero-order chi connectivity index (χ0) is 23.9. The Kier molecular flexibility index (Phi) is 12.5. The van der Waals surface area contributed by atoms with Crippen LogP contribution in [0.5, 0.6) is 0 Å². The van der Waals surface area contributed by atoms with Gasteiger partial charge in [-0.15, -0.1) is 19.7 Å². The van der Waals surface area contributed by atoms with E-state index in [-0.39, 0.29) is 25.2 Å². The van der Waals surface area contributed by atoms with Gasteiger partial charge in [0.15, 0.2) is 0 Å². The van der Waals surface area contributed by atoms with E-state index >= 15 is 0 Å². The van der Waals surface area contributed by atoms with E-state index in [9.17, 15) is 19.1 Å². The summed E-state index contributed by atoms with van der Waals surface area (Å²) in [7, 11) is 0. The molecule has 0 spiro atoms. The molecule has 3 N–H and O–H groups in total. The van der Waals surface area contributed by atoms with E-state index < -0.39 is 18.2 Å². The topological polar surface area (TPSA) is 81.7 Å². The van der Waals surface area contributed by atoms with Crippen molar-refractivity contribution in [2.45, 2.75) is 51.2 Å². The Morgan fingerprint density at radius 3 is 2.69 bits per heavy atom. The number of hydrogen-bond donors (Lipinski definition) is 3. The lowest BCUT2D eigenvalue weighted by molar-refractivity contribution is -0.141. The standard InChI is InChI=1S/C23H32FN3O3.C2H4/c1-3-18(24)16-19(4-2)25-13-11-20(23(29)30)26-22(28)12-15-27-14-7-9-17-8-5-6-10-21(17)27;1-2/h3-6,8,10,18,20,25H,1,7,9,11-16H2,2H3,(H,26,28)(H,29,30);1-2H2/b19-4-;. The van der Waals surface area contributed by atoms with Crippen LogP contribution in [0.2, 0.25) is 0 Å². The number of rotatable bonds is 12. The number of alkyl halides is 1. The third kappa shape index (κ3) is 8.96. The maximum absolute atomic E-state index is 13.4. The monoisotopic (exact) mass is 445 g/mol. The second-order valence-corrected chi connectivity index (χ2v) is 7.41. The van der Waals surface area contributed by atoms with Gasteiger partial charge in [0.2, 0.25) is 5.91 Å². The summed E-state index contributed by atoms with van der Waals surface area (Å²) in [6, 6.07) is 7.19. The minimum Gasteiger partial charge on any atom is -0.480 e. The quantitative estimate of drug-likeness (QED) is 0.424. The van der Waals surface area contributed by atoms with Gasteiger partial charge in [-0.2, -0.15) is 0 Å². The number of hydrogen-bond acceptors (Lipinski definition) is 4. The number of carbonyl (C=O) groups excluding carboxylic acids is 1. The van der Waals surface area contributed by atoms with Gasteiger partial charge in [0, 0.05) is 43.9 Å². The van der Waals surface area contributed by atoms with E-state index in [2.05, 4.69) is 47.4 Å². The highest BCUT2D eigenvalue weighted by molar-refractivity contribution is 5.83. The van der Waals surface area contributed by atoms with E-state index in [1.165, 1.54) is 11.6 Å². The van der Waals surface area contributed by atoms with E-state index in [0.717, 1.165) is 25.1 Å². The van der Waals surface area contributed by atoms with Crippen LogP contribution in [0.15, 0.2) is 61.9 Å². The molecule has 2 rings (SSSR count). The number of halogens is 1. The highest BCUT2D eigenvalue weighted by atomic mass is 19.1. The number of nitrogens with one attached hydrogen (secondary N) is 2. The molecule has 1 aliphatic heterocycles. The van der Waals surface area contributed by atoms with Gasteiger partial charge in [-0.3, -0.25) is 4.79 Å². The fourth-order valence-electron chi connectivity index (χ4n) is 3.57. The van der Waals surface area contributed by atoms with Crippen molar-refractivity contribution in [2.24, 2.45) is 0 Å². The smallest absolute Gasteiger partial charge is 0.326 e. The molecule has 6 nitrogen and oxygen atoms in total. The molecule has 0 radical (unpaired) electrons. The molecular weight excluding hydrogens is 409 g/mol. The number of carbonyl (C=O) groups is 2. The van der Waals surface area contributed by atoms with Crippen LogP contribution < -0.4 is 15.5 Å². The van der Waals surface area contributed by atoms with Crippen molar-refractivity contribution < 1.29 is 19.1 Å². The summed E-state index contributed by atoms with van der Waals surface area (Å²) < 4.78 is 13.4. The van der Waals surface area contributed by atoms with Gasteiger partial charge in [0.1, 0.15) is 12.2 Å². The molecule has 1 aromatic carbocycles. The maximum Gasteiger partial charge on any atom is 0.326 e. The minimum atomic E-state index is -1.15. The van der Waals surface area contributed by atoms with Crippen LogP contribution in [0.3, 0.4) is 0 Å². The van der Waals surface area contributed by atoms with Gasteiger partial charge in [-0.25, -0.2) is 9.18 Å². The van der Waals surface area contributed by atoms with Crippen molar-refractivity contribution in [3.8, 4) is 0 Å². The molecule has 32 heavy (non-hydrogen) atoms. The first-order chi connectivity index (χ1) is 15.4. The number of carboxylic acid groups (broad SMARTS) is 1. The third-order valence-electron chi connectivity index (χ3n) is 5.25. The SMILES string of the molecule is C=C.C=CC(F)C/C(=C/C)NCCC(NC(=O)CCN1CCCc2ccccc21)C(=O)O. The molecule has 0 fully saturated rings. The van der Waals surface area contributed by atoms with Crippen molar-refractivity contribution in [2.75, 3.05) is 24.5 Å². The van der Waals surface area contributed by atoms with Crippen LogP contribution in [0.25, 0.3) is 0 Å². The first-order valence-corrected chi connectivity index (χ1v) is 10.9. The van der Waals surface area contributed by atoms with Crippen LogP contribution in [-0.2, 0) is 16.0 Å². The normalized spacial score (nSPS) is 14.8. The number of benzene rings is 1. The highest BCUT2D eigenvalue weighted by Gasteiger charge is 2.21. The van der Waals surface area contributed by atoms with Crippen molar-refractivity contribution in [3.63, 3.8) is 0 Å². The predicted molar refractivity (Wildman–Crippen MR) is 129 cm³/mol. The van der Waals surface area contributed by atoms with Gasteiger partial charge in [-0.1, -0.05) is 30.4 Å². The second kappa shape index (κ2) is 14.8. The molecule has 0 bridgehead atoms. The predicted octanol–water partition coefficient (Wildman–Crippen LogP) is 4.00. The molecule has 2 atom stereocenters. The Balaban J connectivity index is 0.00000249. The lowest BCUT2D eigenvalue weighted by atomic mass is 10.0. The first-order valence-electron chi connectivity index (χ1n) is 10.9. The Bertz CT molecular complexity index is 781. The average Bonchev–Trinajstić information content (AvgIpc) is 2.82. The molecular formula is C25H36FN3O3. The molecule has 0 saturated carbocycles. The van der Waals surface area contributed by atoms with Crippen molar-refractivity contribution >= 4 is 17.6 Å². The number of para-hydroxylation sites is 1. The molecule has 1 amide bonds.